The van der Waals surface area contributed by atoms with Gasteiger partial charge in [-0.25, -0.2) is 10.3 Å². The van der Waals surface area contributed by atoms with Crippen LogP contribution in [0.1, 0.15) is 44.7 Å². The summed E-state index contributed by atoms with van der Waals surface area (Å²) in [5, 5.41) is 2.67. The predicted molar refractivity (Wildman–Crippen MR) is 107 cm³/mol. The van der Waals surface area contributed by atoms with Gasteiger partial charge >= 0.3 is 6.09 Å². The molecule has 0 heterocycles. The van der Waals surface area contributed by atoms with Crippen LogP contribution < -0.4 is 10.8 Å². The summed E-state index contributed by atoms with van der Waals surface area (Å²) in [6.45, 7) is 7.40. The third-order valence-corrected chi connectivity index (χ3v) is 4.03. The van der Waals surface area contributed by atoms with E-state index in [0.717, 1.165) is 11.1 Å². The van der Waals surface area contributed by atoms with Gasteiger partial charge in [-0.2, -0.15) is 0 Å². The number of hydrogen-bond donors (Lipinski definition) is 2. The summed E-state index contributed by atoms with van der Waals surface area (Å²) in [4.78, 5) is 30.3. The largest absolute Gasteiger partial charge is 0.444 e. The van der Waals surface area contributed by atoms with Crippen LogP contribution in [0.2, 0.25) is 0 Å². The van der Waals surface area contributed by atoms with Crippen LogP contribution >= 0.6 is 0 Å². The SMILES string of the molecule is C[C@@H](c1ccccc1)[C@H](NC(=O)OC(C)(C)C)C(=O)NOCc1ccccc1. The molecule has 0 fully saturated rings. The third-order valence-electron chi connectivity index (χ3n) is 4.03. The molecule has 2 rings (SSSR count). The Bertz CT molecular complexity index is 757. The van der Waals surface area contributed by atoms with Crippen molar-refractivity contribution >= 4 is 12.0 Å². The molecule has 0 aliphatic carbocycles. The van der Waals surface area contributed by atoms with E-state index in [2.05, 4.69) is 10.8 Å². The number of ether oxygens (including phenoxy) is 1. The molecular weight excluding hydrogens is 356 g/mol. The zero-order valence-electron chi connectivity index (χ0n) is 16.8. The first-order valence-electron chi connectivity index (χ1n) is 9.26. The molecular formula is C22H28N2O4. The summed E-state index contributed by atoms with van der Waals surface area (Å²) in [5.74, 6) is -0.729. The lowest BCUT2D eigenvalue weighted by Crippen LogP contribution is -2.50. The minimum Gasteiger partial charge on any atom is -0.444 e. The van der Waals surface area contributed by atoms with Crippen LogP contribution in [0.5, 0.6) is 0 Å². The van der Waals surface area contributed by atoms with E-state index in [0.29, 0.717) is 0 Å². The van der Waals surface area contributed by atoms with Crippen molar-refractivity contribution in [1.82, 2.24) is 10.8 Å². The molecule has 2 aromatic carbocycles. The summed E-state index contributed by atoms with van der Waals surface area (Å²) >= 11 is 0. The average molecular weight is 384 g/mol. The van der Waals surface area contributed by atoms with Gasteiger partial charge in [0.25, 0.3) is 5.91 Å². The quantitative estimate of drug-likeness (QED) is 0.709. The van der Waals surface area contributed by atoms with E-state index in [9.17, 15) is 9.59 Å². The first kappa shape index (κ1) is 21.4. The number of alkyl carbamates (subject to hydrolysis) is 1. The van der Waals surface area contributed by atoms with E-state index >= 15 is 0 Å². The van der Waals surface area contributed by atoms with Crippen molar-refractivity contribution in [2.75, 3.05) is 0 Å². The highest BCUT2D eigenvalue weighted by Crippen LogP contribution is 2.20. The predicted octanol–water partition coefficient (Wildman–Crippen LogP) is 3.93. The number of nitrogens with one attached hydrogen (secondary N) is 2. The molecule has 0 aliphatic heterocycles. The lowest BCUT2D eigenvalue weighted by molar-refractivity contribution is -0.137. The highest BCUT2D eigenvalue weighted by atomic mass is 16.7. The Morgan fingerprint density at radius 2 is 1.54 bits per heavy atom. The van der Waals surface area contributed by atoms with Crippen LogP contribution in [-0.4, -0.2) is 23.6 Å². The van der Waals surface area contributed by atoms with Gasteiger partial charge in [-0.1, -0.05) is 67.6 Å². The molecule has 0 aromatic heterocycles. The van der Waals surface area contributed by atoms with Gasteiger partial charge in [-0.3, -0.25) is 9.63 Å². The van der Waals surface area contributed by atoms with E-state index in [1.165, 1.54) is 0 Å². The van der Waals surface area contributed by atoms with E-state index in [1.54, 1.807) is 20.8 Å². The molecule has 2 amide bonds. The highest BCUT2D eigenvalue weighted by molar-refractivity contribution is 5.86. The zero-order valence-corrected chi connectivity index (χ0v) is 16.8. The molecule has 28 heavy (non-hydrogen) atoms. The first-order valence-corrected chi connectivity index (χ1v) is 9.26. The normalized spacial score (nSPS) is 13.3. The van der Waals surface area contributed by atoms with Crippen molar-refractivity contribution < 1.29 is 19.2 Å². The highest BCUT2D eigenvalue weighted by Gasteiger charge is 2.30. The number of hydroxylamine groups is 1. The minimum absolute atomic E-state index is 0.228. The number of hydrogen-bond acceptors (Lipinski definition) is 4. The van der Waals surface area contributed by atoms with E-state index in [4.69, 9.17) is 9.57 Å². The van der Waals surface area contributed by atoms with Crippen LogP contribution in [-0.2, 0) is 21.0 Å². The fourth-order valence-electron chi connectivity index (χ4n) is 2.63. The molecule has 0 saturated carbocycles. The molecule has 0 radical (unpaired) electrons. The minimum atomic E-state index is -0.854. The maximum atomic E-state index is 12.7. The standard InChI is InChI=1S/C22H28N2O4/c1-16(18-13-9-6-10-14-18)19(23-21(26)28-22(2,3)4)20(25)24-27-15-17-11-7-5-8-12-17/h5-14,16,19H,15H2,1-4H3,(H,23,26)(H,24,25)/t16-,19-/m0/s1. The van der Waals surface area contributed by atoms with Crippen molar-refractivity contribution in [2.45, 2.75) is 51.9 Å². The van der Waals surface area contributed by atoms with Crippen molar-refractivity contribution in [3.63, 3.8) is 0 Å². The Balaban J connectivity index is 2.05. The maximum absolute atomic E-state index is 12.7. The third kappa shape index (κ3) is 7.04. The fourth-order valence-corrected chi connectivity index (χ4v) is 2.63. The monoisotopic (exact) mass is 384 g/mol. The van der Waals surface area contributed by atoms with Crippen LogP contribution in [0.3, 0.4) is 0 Å². The van der Waals surface area contributed by atoms with Crippen molar-refractivity contribution in [3.8, 4) is 0 Å². The Morgan fingerprint density at radius 3 is 2.11 bits per heavy atom. The summed E-state index contributed by atoms with van der Waals surface area (Å²) < 4.78 is 5.31. The summed E-state index contributed by atoms with van der Waals surface area (Å²) in [6, 6.07) is 18.1. The Morgan fingerprint density at radius 1 is 0.964 bits per heavy atom. The van der Waals surface area contributed by atoms with Gasteiger partial charge in [0.1, 0.15) is 11.6 Å². The molecule has 0 spiro atoms. The van der Waals surface area contributed by atoms with E-state index in [1.807, 2.05) is 67.6 Å². The van der Waals surface area contributed by atoms with Gasteiger partial charge in [0.05, 0.1) is 6.61 Å². The van der Waals surface area contributed by atoms with E-state index < -0.39 is 23.6 Å². The maximum Gasteiger partial charge on any atom is 0.408 e. The zero-order chi connectivity index (χ0) is 20.6. The van der Waals surface area contributed by atoms with Crippen molar-refractivity contribution in [1.29, 1.82) is 0 Å². The molecule has 0 aliphatic rings. The molecule has 6 heteroatoms. The molecule has 150 valence electrons. The summed E-state index contributed by atoms with van der Waals surface area (Å²) in [7, 11) is 0. The molecule has 0 unspecified atom stereocenters. The molecule has 2 N–H and O–H groups in total. The van der Waals surface area contributed by atoms with Crippen LogP contribution in [0.15, 0.2) is 60.7 Å². The van der Waals surface area contributed by atoms with Gasteiger partial charge in [-0.05, 0) is 31.9 Å². The molecule has 2 atom stereocenters. The van der Waals surface area contributed by atoms with Crippen LogP contribution in [0.4, 0.5) is 4.79 Å². The van der Waals surface area contributed by atoms with Gasteiger partial charge in [0, 0.05) is 5.92 Å². The van der Waals surface area contributed by atoms with Gasteiger partial charge in [0.2, 0.25) is 0 Å². The number of amides is 2. The van der Waals surface area contributed by atoms with Crippen molar-refractivity contribution in [2.24, 2.45) is 0 Å². The Kier molecular flexibility index (Phi) is 7.58. The lowest BCUT2D eigenvalue weighted by atomic mass is 9.93. The number of rotatable bonds is 7. The van der Waals surface area contributed by atoms with Crippen molar-refractivity contribution in [3.05, 3.63) is 71.8 Å². The Labute approximate surface area is 166 Å². The fraction of sp³-hybridized carbons (Fsp3) is 0.364. The first-order chi connectivity index (χ1) is 13.3. The summed E-state index contributed by atoms with van der Waals surface area (Å²) in [5.41, 5.74) is 3.62. The topological polar surface area (TPSA) is 76.7 Å². The molecule has 0 bridgehead atoms. The van der Waals surface area contributed by atoms with E-state index in [-0.39, 0.29) is 12.5 Å². The molecule has 2 aromatic rings. The number of carbonyl (C=O) groups is 2. The van der Waals surface area contributed by atoms with Gasteiger partial charge < -0.3 is 10.1 Å². The second kappa shape index (κ2) is 9.90. The number of benzene rings is 2. The lowest BCUT2D eigenvalue weighted by Gasteiger charge is -2.26. The second-order valence-electron chi connectivity index (χ2n) is 7.56. The smallest absolute Gasteiger partial charge is 0.408 e. The molecule has 0 saturated heterocycles. The second-order valence-corrected chi connectivity index (χ2v) is 7.56. The van der Waals surface area contributed by atoms with Gasteiger partial charge in [0.15, 0.2) is 0 Å². The van der Waals surface area contributed by atoms with Crippen LogP contribution in [0, 0.1) is 0 Å². The Hall–Kier alpha value is -2.86. The van der Waals surface area contributed by atoms with Crippen LogP contribution in [0.25, 0.3) is 0 Å². The summed E-state index contributed by atoms with van der Waals surface area (Å²) in [6.07, 6.45) is -0.654. The number of carbonyl (C=O) groups excluding carboxylic acids is 2. The van der Waals surface area contributed by atoms with Gasteiger partial charge in [-0.15, -0.1) is 0 Å². The average Bonchev–Trinajstić information content (AvgIpc) is 2.65. The molecule has 6 nitrogen and oxygen atoms in total.